The van der Waals surface area contributed by atoms with Gasteiger partial charge in [-0.15, -0.1) is 5.10 Å². The molecule has 14 heavy (non-hydrogen) atoms. The Morgan fingerprint density at radius 2 is 2.07 bits per heavy atom. The van der Waals surface area contributed by atoms with Crippen molar-refractivity contribution >= 4 is 29.6 Å². The number of nitrogens with zero attached hydrogens (tertiary/aromatic N) is 4. The lowest BCUT2D eigenvalue weighted by Gasteiger charge is -2.01. The number of rotatable bonds is 0. The lowest BCUT2D eigenvalue weighted by Crippen LogP contribution is -2.00. The minimum absolute atomic E-state index is 0.0296. The molecule has 2 aromatic rings. The maximum absolute atomic E-state index is 9.61. The zero-order valence-corrected chi connectivity index (χ0v) is 8.12. The third-order valence-electron chi connectivity index (χ3n) is 1.92. The molecule has 74 valence electrons. The molecule has 0 radical (unpaired) electrons. The van der Waals surface area contributed by atoms with Gasteiger partial charge in [0.1, 0.15) is 0 Å². The molecule has 0 saturated carbocycles. The van der Waals surface area contributed by atoms with Gasteiger partial charge in [-0.05, 0) is 12.2 Å². The van der Waals surface area contributed by atoms with E-state index in [0.29, 0.717) is 5.65 Å². The van der Waals surface area contributed by atoms with Crippen LogP contribution in [0.4, 0.5) is 11.8 Å². The summed E-state index contributed by atoms with van der Waals surface area (Å²) in [4.78, 5) is 3.73. The number of hydrogen-bond acceptors (Lipinski definition) is 6. The Labute approximate surface area is 83.6 Å². The summed E-state index contributed by atoms with van der Waals surface area (Å²) in [5.74, 6) is 0.0158. The van der Waals surface area contributed by atoms with Crippen LogP contribution in [0.1, 0.15) is 0 Å². The number of aromatic nitrogens is 4. The largest absolute Gasteiger partial charge is 0.502 e. The molecular formula is C6H8N6OS. The summed E-state index contributed by atoms with van der Waals surface area (Å²) in [6.07, 6.45) is 0. The fourth-order valence-electron chi connectivity index (χ4n) is 1.18. The number of anilines is 2. The second-order valence-corrected chi connectivity index (χ2v) is 3.15. The van der Waals surface area contributed by atoms with Gasteiger partial charge in [0.15, 0.2) is 11.5 Å². The minimum atomic E-state index is -0.176. The second kappa shape index (κ2) is 2.58. The highest BCUT2D eigenvalue weighted by atomic mass is 32.1. The smallest absolute Gasteiger partial charge is 0.224 e. The van der Waals surface area contributed by atoms with Gasteiger partial charge >= 0.3 is 0 Å². The van der Waals surface area contributed by atoms with E-state index in [4.69, 9.17) is 23.7 Å². The highest BCUT2D eigenvalue weighted by molar-refractivity contribution is 7.71. The summed E-state index contributed by atoms with van der Waals surface area (Å²) < 4.78 is 2.89. The Bertz CT molecular complexity index is 570. The molecule has 0 bridgehead atoms. The Kier molecular flexibility index (Phi) is 1.61. The monoisotopic (exact) mass is 212 g/mol. The van der Waals surface area contributed by atoms with Crippen molar-refractivity contribution in [3.05, 3.63) is 4.77 Å². The molecule has 0 spiro atoms. The van der Waals surface area contributed by atoms with E-state index < -0.39 is 0 Å². The Morgan fingerprint density at radius 3 is 2.71 bits per heavy atom. The van der Waals surface area contributed by atoms with E-state index in [0.717, 1.165) is 0 Å². The van der Waals surface area contributed by atoms with Crippen LogP contribution in [0.15, 0.2) is 0 Å². The van der Waals surface area contributed by atoms with Crippen LogP contribution in [0, 0.1) is 4.77 Å². The van der Waals surface area contributed by atoms with Gasteiger partial charge in [0.05, 0.1) is 0 Å². The first-order valence-electron chi connectivity index (χ1n) is 3.72. The molecular weight excluding hydrogens is 204 g/mol. The molecule has 0 fully saturated rings. The normalized spacial score (nSPS) is 10.9. The van der Waals surface area contributed by atoms with Gasteiger partial charge < -0.3 is 16.6 Å². The van der Waals surface area contributed by atoms with Crippen molar-refractivity contribution in [2.45, 2.75) is 0 Å². The first-order valence-corrected chi connectivity index (χ1v) is 4.13. The van der Waals surface area contributed by atoms with E-state index >= 15 is 0 Å². The third-order valence-corrected chi connectivity index (χ3v) is 2.18. The zero-order chi connectivity index (χ0) is 10.5. The maximum atomic E-state index is 9.61. The molecule has 0 atom stereocenters. The summed E-state index contributed by atoms with van der Waals surface area (Å²) in [5.41, 5.74) is 11.3. The fourth-order valence-corrected chi connectivity index (χ4v) is 1.40. The molecule has 0 aliphatic rings. The van der Waals surface area contributed by atoms with Crippen LogP contribution < -0.4 is 11.5 Å². The van der Waals surface area contributed by atoms with Crippen molar-refractivity contribution in [1.29, 1.82) is 0 Å². The number of nitrogens with two attached hydrogens (primary N) is 2. The molecule has 7 nitrogen and oxygen atoms in total. The molecule has 0 saturated heterocycles. The van der Waals surface area contributed by atoms with Crippen LogP contribution in [0.5, 0.6) is 5.75 Å². The number of nitrogen functional groups attached to an aromatic ring is 2. The Hall–Kier alpha value is -1.83. The van der Waals surface area contributed by atoms with Gasteiger partial charge in [0.25, 0.3) is 0 Å². The van der Waals surface area contributed by atoms with Crippen LogP contribution in [0.25, 0.3) is 5.65 Å². The highest BCUT2D eigenvalue weighted by Gasteiger charge is 2.13. The lowest BCUT2D eigenvalue weighted by molar-refractivity contribution is 0.475. The maximum Gasteiger partial charge on any atom is 0.224 e. The molecule has 8 heteroatoms. The summed E-state index contributed by atoms with van der Waals surface area (Å²) >= 11 is 4.90. The Balaban J connectivity index is 3.11. The van der Waals surface area contributed by atoms with Crippen LogP contribution >= 0.6 is 12.2 Å². The molecule has 0 aliphatic carbocycles. The summed E-state index contributed by atoms with van der Waals surface area (Å²) in [6, 6.07) is 0. The average molecular weight is 212 g/mol. The predicted octanol–water partition coefficient (Wildman–Crippen LogP) is -0.333. The van der Waals surface area contributed by atoms with Crippen molar-refractivity contribution in [2.75, 3.05) is 11.5 Å². The molecule has 0 unspecified atom stereocenters. The quantitative estimate of drug-likeness (QED) is 0.516. The van der Waals surface area contributed by atoms with E-state index in [9.17, 15) is 5.11 Å². The fraction of sp³-hybridized carbons (Fsp3) is 0.167. The molecule has 0 aromatic carbocycles. The lowest BCUT2D eigenvalue weighted by atomic mass is 10.5. The molecule has 2 aromatic heterocycles. The van der Waals surface area contributed by atoms with Crippen molar-refractivity contribution in [3.63, 3.8) is 0 Å². The van der Waals surface area contributed by atoms with Crippen molar-refractivity contribution in [1.82, 2.24) is 19.2 Å². The van der Waals surface area contributed by atoms with E-state index in [1.165, 1.54) is 9.08 Å². The molecule has 0 aliphatic heterocycles. The van der Waals surface area contributed by atoms with E-state index in [-0.39, 0.29) is 22.3 Å². The summed E-state index contributed by atoms with van der Waals surface area (Å²) in [5, 5.41) is 13.5. The van der Waals surface area contributed by atoms with Gasteiger partial charge in [-0.3, -0.25) is 4.57 Å². The van der Waals surface area contributed by atoms with Gasteiger partial charge in [-0.25, -0.2) is 0 Å². The molecule has 0 amide bonds. The topological polar surface area (TPSA) is 107 Å². The number of aromatic hydroxyl groups is 1. The van der Waals surface area contributed by atoms with Crippen molar-refractivity contribution in [2.24, 2.45) is 7.05 Å². The summed E-state index contributed by atoms with van der Waals surface area (Å²) in [7, 11) is 1.64. The predicted molar refractivity (Wildman–Crippen MR) is 53.3 cm³/mol. The highest BCUT2D eigenvalue weighted by Crippen LogP contribution is 2.24. The zero-order valence-electron chi connectivity index (χ0n) is 7.30. The van der Waals surface area contributed by atoms with Crippen LogP contribution in [0.2, 0.25) is 0 Å². The number of hydrogen-bond donors (Lipinski definition) is 3. The molecule has 2 rings (SSSR count). The first kappa shape index (κ1) is 8.75. The van der Waals surface area contributed by atoms with E-state index in [1.54, 1.807) is 7.05 Å². The first-order chi connectivity index (χ1) is 6.52. The van der Waals surface area contributed by atoms with Crippen molar-refractivity contribution in [3.8, 4) is 5.75 Å². The minimum Gasteiger partial charge on any atom is -0.502 e. The van der Waals surface area contributed by atoms with Gasteiger partial charge in [0, 0.05) is 7.05 Å². The SMILES string of the molecule is Cn1c(N)nn2c(=S)nc(N)c(O)c12. The van der Waals surface area contributed by atoms with Crippen LogP contribution in [-0.4, -0.2) is 24.3 Å². The van der Waals surface area contributed by atoms with Gasteiger partial charge in [0.2, 0.25) is 16.5 Å². The Morgan fingerprint density at radius 1 is 1.43 bits per heavy atom. The third kappa shape index (κ3) is 0.940. The van der Waals surface area contributed by atoms with E-state index in [2.05, 4.69) is 10.1 Å². The molecule has 5 N–H and O–H groups in total. The van der Waals surface area contributed by atoms with Crippen LogP contribution in [0.3, 0.4) is 0 Å². The second-order valence-electron chi connectivity index (χ2n) is 2.78. The number of fused-ring (bicyclic) bond motifs is 1. The average Bonchev–Trinajstić information content (AvgIpc) is 2.41. The molecule has 2 heterocycles. The van der Waals surface area contributed by atoms with E-state index in [1.807, 2.05) is 0 Å². The van der Waals surface area contributed by atoms with Gasteiger partial charge in [-0.2, -0.15) is 9.50 Å². The van der Waals surface area contributed by atoms with Crippen molar-refractivity contribution < 1.29 is 5.11 Å². The number of aryl methyl sites for hydroxylation is 1. The summed E-state index contributed by atoms with van der Waals surface area (Å²) in [6.45, 7) is 0. The van der Waals surface area contributed by atoms with Crippen LogP contribution in [-0.2, 0) is 7.05 Å². The standard InChI is InChI=1S/C6H8N6OS/c1-11-4-2(13)3(7)9-6(14)12(4)10-5(11)8/h13H,1H3,(H2,8,10)(H2,7,9,14). The van der Waals surface area contributed by atoms with Gasteiger partial charge in [-0.1, -0.05) is 0 Å².